The summed E-state index contributed by atoms with van der Waals surface area (Å²) < 4.78 is 5.29. The van der Waals surface area contributed by atoms with Gasteiger partial charge in [0.15, 0.2) is 0 Å². The van der Waals surface area contributed by atoms with Gasteiger partial charge in [-0.3, -0.25) is 0 Å². The maximum atomic E-state index is 2.71. The Morgan fingerprint density at radius 2 is 1.03 bits per heavy atom. The molecule has 0 bridgehead atoms. The van der Waals surface area contributed by atoms with E-state index in [2.05, 4.69) is 220 Å². The third-order valence-electron chi connectivity index (χ3n) is 14.7. The molecule has 2 aromatic heterocycles. The first kappa shape index (κ1) is 39.8. The van der Waals surface area contributed by atoms with Gasteiger partial charge in [-0.25, -0.2) is 0 Å². The molecule has 5 heteroatoms. The lowest BCUT2D eigenvalue weighted by Crippen LogP contribution is -2.62. The molecule has 318 valence electrons. The average molecular weight is 852 g/mol. The van der Waals surface area contributed by atoms with E-state index >= 15 is 0 Å². The fourth-order valence-corrected chi connectivity index (χ4v) is 12.3. The monoisotopic (exact) mass is 851 g/mol. The van der Waals surface area contributed by atoms with E-state index in [0.717, 1.165) is 0 Å². The number of benzene rings is 7. The number of aromatic nitrogens is 1. The predicted octanol–water partition coefficient (Wildman–Crippen LogP) is 15.0. The molecule has 3 nitrogen and oxygen atoms in total. The summed E-state index contributed by atoms with van der Waals surface area (Å²) >= 11 is 1.90. The van der Waals surface area contributed by atoms with Crippen LogP contribution in [-0.4, -0.2) is 11.3 Å². The molecule has 9 aromatic rings. The lowest BCUT2D eigenvalue weighted by atomic mass is 9.33. The largest absolute Gasteiger partial charge is 0.311 e. The first-order valence-electron chi connectivity index (χ1n) is 23.3. The van der Waals surface area contributed by atoms with Crippen LogP contribution in [0.4, 0.5) is 34.1 Å². The Labute approximate surface area is 383 Å². The molecule has 0 aliphatic carbocycles. The number of nitrogens with zero attached hydrogens (tertiary/aromatic N) is 3. The number of fused-ring (bicyclic) bond motifs is 12. The summed E-state index contributed by atoms with van der Waals surface area (Å²) in [4.78, 5) is 5.35. The zero-order valence-corrected chi connectivity index (χ0v) is 40.6. The van der Waals surface area contributed by atoms with Gasteiger partial charge in [-0.05, 0) is 140 Å². The second kappa shape index (κ2) is 12.7. The average Bonchev–Trinajstić information content (AvgIpc) is 3.77. The topological polar surface area (TPSA) is 11.4 Å². The summed E-state index contributed by atoms with van der Waals surface area (Å²) in [7, 11) is 0. The molecule has 3 aliphatic rings. The molecule has 5 heterocycles. The van der Waals surface area contributed by atoms with Gasteiger partial charge in [-0.1, -0.05) is 132 Å². The number of aryl methyl sites for hydroxylation is 1. The third-order valence-corrected chi connectivity index (χ3v) is 15.8. The van der Waals surface area contributed by atoms with E-state index in [1.165, 1.54) is 126 Å². The van der Waals surface area contributed by atoms with Crippen LogP contribution in [0.1, 0.15) is 111 Å². The minimum absolute atomic E-state index is 0.0158. The Morgan fingerprint density at radius 1 is 0.438 bits per heavy atom. The highest BCUT2D eigenvalue weighted by molar-refractivity contribution is 7.26. The van der Waals surface area contributed by atoms with Crippen molar-refractivity contribution in [1.29, 1.82) is 0 Å². The van der Waals surface area contributed by atoms with Crippen molar-refractivity contribution < 1.29 is 0 Å². The van der Waals surface area contributed by atoms with Crippen molar-refractivity contribution in [3.63, 3.8) is 0 Å². The number of rotatable bonds is 1. The van der Waals surface area contributed by atoms with E-state index in [4.69, 9.17) is 0 Å². The van der Waals surface area contributed by atoms with Gasteiger partial charge in [0.1, 0.15) is 0 Å². The summed E-state index contributed by atoms with van der Waals surface area (Å²) in [5.74, 6) is 0. The van der Waals surface area contributed by atoms with E-state index in [9.17, 15) is 0 Å². The van der Waals surface area contributed by atoms with E-state index < -0.39 is 0 Å². The minimum Gasteiger partial charge on any atom is -0.311 e. The van der Waals surface area contributed by atoms with Crippen molar-refractivity contribution in [1.82, 2.24) is 4.57 Å². The van der Waals surface area contributed by atoms with Crippen LogP contribution in [0.3, 0.4) is 0 Å². The van der Waals surface area contributed by atoms with Gasteiger partial charge in [0.05, 0.1) is 33.8 Å². The van der Waals surface area contributed by atoms with E-state index in [0.29, 0.717) is 0 Å². The van der Waals surface area contributed by atoms with Crippen LogP contribution < -0.4 is 26.2 Å². The standard InChI is InChI=1S/C59H58BN3S/c1-33-25-46-53-47(26-33)63-48-31-36(58(8,9)10)28-40-39-27-34(56(2,3)4)21-23-43(39)62(54(40)48)49-32-37(59(11,12)13)30-42(55(49)63)60(53)41-29-35(57(5,6)7)22-24-44(41)61(46)45-18-16-20-51-52(45)38-17-14-15-19-50(38)64-51/h14-32H,1-13H3. The first-order valence-corrected chi connectivity index (χ1v) is 24.1. The molecule has 64 heavy (non-hydrogen) atoms. The van der Waals surface area contributed by atoms with Crippen molar-refractivity contribution in [2.24, 2.45) is 0 Å². The van der Waals surface area contributed by atoms with Crippen molar-refractivity contribution in [2.45, 2.75) is 112 Å². The van der Waals surface area contributed by atoms with Gasteiger partial charge < -0.3 is 14.4 Å². The summed E-state index contributed by atoms with van der Waals surface area (Å²) in [6, 6.07) is 45.8. The molecule has 0 radical (unpaired) electrons. The van der Waals surface area contributed by atoms with E-state index in [1.54, 1.807) is 0 Å². The van der Waals surface area contributed by atoms with Crippen LogP contribution in [0.2, 0.25) is 0 Å². The zero-order chi connectivity index (χ0) is 44.7. The molecule has 0 unspecified atom stereocenters. The Hall–Kier alpha value is -5.78. The smallest absolute Gasteiger partial charge is 0.252 e. The summed E-state index contributed by atoms with van der Waals surface area (Å²) in [6.45, 7) is 30.7. The number of hydrogen-bond donors (Lipinski definition) is 0. The fourth-order valence-electron chi connectivity index (χ4n) is 11.2. The lowest BCUT2D eigenvalue weighted by Gasteiger charge is -2.47. The Kier molecular flexibility index (Phi) is 7.91. The molecule has 0 N–H and O–H groups in total. The first-order chi connectivity index (χ1) is 30.2. The van der Waals surface area contributed by atoms with Crippen molar-refractivity contribution in [2.75, 3.05) is 9.80 Å². The van der Waals surface area contributed by atoms with Crippen LogP contribution in [0.5, 0.6) is 0 Å². The van der Waals surface area contributed by atoms with Crippen molar-refractivity contribution in [3.8, 4) is 5.69 Å². The van der Waals surface area contributed by atoms with Crippen molar-refractivity contribution in [3.05, 3.63) is 143 Å². The molecular weight excluding hydrogens is 794 g/mol. The molecule has 7 aromatic carbocycles. The van der Waals surface area contributed by atoms with Crippen molar-refractivity contribution >= 4 is 111 Å². The molecular formula is C59H58BN3S. The maximum Gasteiger partial charge on any atom is 0.252 e. The quantitative estimate of drug-likeness (QED) is 0.152. The number of hydrogen-bond acceptors (Lipinski definition) is 3. The van der Waals surface area contributed by atoms with Gasteiger partial charge in [0, 0.05) is 48.0 Å². The number of thiophene rings is 1. The Bertz CT molecular complexity index is 3520. The summed E-state index contributed by atoms with van der Waals surface area (Å²) in [5.41, 5.74) is 22.2. The fraction of sp³-hybridized carbons (Fsp3) is 0.288. The van der Waals surface area contributed by atoms with Crippen LogP contribution in [-0.2, 0) is 21.7 Å². The summed E-state index contributed by atoms with van der Waals surface area (Å²) in [6.07, 6.45) is 0. The highest BCUT2D eigenvalue weighted by atomic mass is 32.1. The molecule has 12 rings (SSSR count). The second-order valence-electron chi connectivity index (χ2n) is 23.2. The van der Waals surface area contributed by atoms with Gasteiger partial charge >= 0.3 is 0 Å². The third kappa shape index (κ3) is 5.46. The molecule has 0 spiro atoms. The van der Waals surface area contributed by atoms with E-state index in [1.807, 2.05) is 11.3 Å². The van der Waals surface area contributed by atoms with Gasteiger partial charge in [-0.15, -0.1) is 11.3 Å². The minimum atomic E-state index is -0.0863. The molecule has 0 saturated heterocycles. The second-order valence-corrected chi connectivity index (χ2v) is 24.3. The van der Waals surface area contributed by atoms with Gasteiger partial charge in [-0.2, -0.15) is 0 Å². The maximum absolute atomic E-state index is 2.71. The van der Waals surface area contributed by atoms with E-state index in [-0.39, 0.29) is 28.4 Å². The predicted molar refractivity (Wildman–Crippen MR) is 281 cm³/mol. The van der Waals surface area contributed by atoms with Gasteiger partial charge in [0.2, 0.25) is 0 Å². The highest BCUT2D eigenvalue weighted by Crippen LogP contribution is 2.55. The number of anilines is 6. The Balaban J connectivity index is 1.27. The van der Waals surface area contributed by atoms with Crippen LogP contribution in [0.25, 0.3) is 47.7 Å². The molecule has 0 fully saturated rings. The Morgan fingerprint density at radius 3 is 1.75 bits per heavy atom. The highest BCUT2D eigenvalue weighted by Gasteiger charge is 2.47. The van der Waals surface area contributed by atoms with Gasteiger partial charge in [0.25, 0.3) is 6.71 Å². The summed E-state index contributed by atoms with van der Waals surface area (Å²) in [5, 5.41) is 5.31. The SMILES string of the molecule is Cc1cc2c3c(c1)N1c4c(cc(C(C)(C)C)cc4-n4c5ccc(C(C)(C)C)cc5c5cc(C(C)(C)C)cc1c54)B3c1cc(C(C)(C)C)ccc1N2c1cccc2sc3ccccc3c12. The molecule has 0 atom stereocenters. The normalized spacial score (nSPS) is 14.5. The van der Waals surface area contributed by atoms with Crippen LogP contribution in [0, 0.1) is 6.92 Å². The molecule has 0 amide bonds. The van der Waals surface area contributed by atoms with Crippen LogP contribution >= 0.6 is 11.3 Å². The zero-order valence-electron chi connectivity index (χ0n) is 39.8. The van der Waals surface area contributed by atoms with Crippen LogP contribution in [0.15, 0.2) is 115 Å². The molecule has 0 saturated carbocycles. The lowest BCUT2D eigenvalue weighted by molar-refractivity contribution is 0.590. The molecule has 3 aliphatic heterocycles.